The van der Waals surface area contributed by atoms with Crippen molar-refractivity contribution in [1.82, 2.24) is 10.6 Å². The van der Waals surface area contributed by atoms with E-state index in [2.05, 4.69) is 31.4 Å². The maximum absolute atomic E-state index is 11.7. The predicted molar refractivity (Wildman–Crippen MR) is 75.4 cm³/mol. The van der Waals surface area contributed by atoms with Gasteiger partial charge in [0.25, 0.3) is 0 Å². The highest BCUT2D eigenvalue weighted by Gasteiger charge is 2.18. The van der Waals surface area contributed by atoms with Gasteiger partial charge in [0.2, 0.25) is 5.91 Å². The molecular weight excluding hydrogens is 232 g/mol. The molecule has 0 unspecified atom stereocenters. The third kappa shape index (κ3) is 6.32. The molecule has 1 rings (SSSR count). The third-order valence-corrected chi connectivity index (χ3v) is 4.83. The number of hydrogen-bond acceptors (Lipinski definition) is 3. The maximum atomic E-state index is 11.7. The molecule has 0 aromatic rings. The van der Waals surface area contributed by atoms with Gasteiger partial charge in [-0.2, -0.15) is 0 Å². The average Bonchev–Trinajstić information content (AvgIpc) is 2.35. The first kappa shape index (κ1) is 14.8. The molecule has 1 amide bonds. The van der Waals surface area contributed by atoms with Crippen LogP contribution in [0.2, 0.25) is 0 Å². The van der Waals surface area contributed by atoms with Crippen LogP contribution in [0.3, 0.4) is 0 Å². The van der Waals surface area contributed by atoms with Crippen LogP contribution in [0, 0.1) is 5.41 Å². The van der Waals surface area contributed by atoms with E-state index in [-0.39, 0.29) is 11.3 Å². The number of amides is 1. The Hall–Kier alpha value is -0.220. The number of carbonyl (C=O) groups is 1. The van der Waals surface area contributed by atoms with Crippen molar-refractivity contribution in [2.24, 2.45) is 5.41 Å². The highest BCUT2D eigenvalue weighted by Crippen LogP contribution is 2.20. The van der Waals surface area contributed by atoms with Gasteiger partial charge in [-0.3, -0.25) is 4.79 Å². The second-order valence-corrected chi connectivity index (χ2v) is 6.84. The molecule has 0 radical (unpaired) electrons. The molecule has 0 saturated carbocycles. The van der Waals surface area contributed by atoms with Crippen LogP contribution in [0.25, 0.3) is 0 Å². The first-order valence-electron chi connectivity index (χ1n) is 6.62. The highest BCUT2D eigenvalue weighted by molar-refractivity contribution is 8.00. The van der Waals surface area contributed by atoms with Gasteiger partial charge in [-0.15, -0.1) is 11.8 Å². The Labute approximate surface area is 109 Å². The number of hydrogen-bond donors (Lipinski definition) is 2. The number of carbonyl (C=O) groups excluding carboxylic acids is 1. The molecule has 0 spiro atoms. The molecule has 1 saturated heterocycles. The Morgan fingerprint density at radius 2 is 2.06 bits per heavy atom. The predicted octanol–water partition coefficient (Wildman–Crippen LogP) is 2.02. The largest absolute Gasteiger partial charge is 0.355 e. The van der Waals surface area contributed by atoms with Gasteiger partial charge in [-0.1, -0.05) is 20.8 Å². The van der Waals surface area contributed by atoms with Crippen LogP contribution >= 0.6 is 11.8 Å². The van der Waals surface area contributed by atoms with Crippen molar-refractivity contribution in [1.29, 1.82) is 0 Å². The second-order valence-electron chi connectivity index (χ2n) is 5.55. The summed E-state index contributed by atoms with van der Waals surface area (Å²) in [7, 11) is 0. The first-order chi connectivity index (χ1) is 8.03. The zero-order valence-electron chi connectivity index (χ0n) is 11.3. The standard InChI is InChI=1S/C13H26N2OS/c1-4-13(2,3)10-15-12(16)9-17-11-5-7-14-8-6-11/h11,14H,4-10H2,1-3H3,(H,15,16). The van der Waals surface area contributed by atoms with E-state index in [1.807, 2.05) is 11.8 Å². The minimum atomic E-state index is 0.190. The van der Waals surface area contributed by atoms with Crippen LogP contribution in [0.5, 0.6) is 0 Å². The molecule has 0 atom stereocenters. The Bertz CT molecular complexity index is 238. The topological polar surface area (TPSA) is 41.1 Å². The van der Waals surface area contributed by atoms with Crippen molar-refractivity contribution in [3.63, 3.8) is 0 Å². The summed E-state index contributed by atoms with van der Waals surface area (Å²) in [5.41, 5.74) is 0.217. The molecule has 1 aliphatic rings. The fourth-order valence-corrected chi connectivity index (χ4v) is 2.73. The summed E-state index contributed by atoms with van der Waals surface area (Å²) >= 11 is 1.81. The van der Waals surface area contributed by atoms with Crippen molar-refractivity contribution >= 4 is 17.7 Å². The molecule has 0 bridgehead atoms. The fourth-order valence-electron chi connectivity index (χ4n) is 1.67. The van der Waals surface area contributed by atoms with Gasteiger partial charge in [0.1, 0.15) is 0 Å². The lowest BCUT2D eigenvalue weighted by Gasteiger charge is -2.24. The number of rotatable bonds is 6. The molecule has 0 aliphatic carbocycles. The van der Waals surface area contributed by atoms with Crippen LogP contribution in [-0.2, 0) is 4.79 Å². The second kappa shape index (κ2) is 7.27. The van der Waals surface area contributed by atoms with Crippen LogP contribution < -0.4 is 10.6 Å². The maximum Gasteiger partial charge on any atom is 0.230 e. The van der Waals surface area contributed by atoms with Crippen LogP contribution in [0.15, 0.2) is 0 Å². The minimum Gasteiger partial charge on any atom is -0.355 e. The van der Waals surface area contributed by atoms with Crippen molar-refractivity contribution < 1.29 is 4.79 Å². The average molecular weight is 258 g/mol. The summed E-state index contributed by atoms with van der Waals surface area (Å²) < 4.78 is 0. The van der Waals surface area contributed by atoms with Gasteiger partial charge < -0.3 is 10.6 Å². The SMILES string of the molecule is CCC(C)(C)CNC(=O)CSC1CCNCC1. The van der Waals surface area contributed by atoms with Crippen LogP contribution in [-0.4, -0.2) is 36.5 Å². The van der Waals surface area contributed by atoms with Crippen LogP contribution in [0.4, 0.5) is 0 Å². The van der Waals surface area contributed by atoms with Gasteiger partial charge in [0.05, 0.1) is 5.75 Å². The monoisotopic (exact) mass is 258 g/mol. The van der Waals surface area contributed by atoms with E-state index in [9.17, 15) is 4.79 Å². The van der Waals surface area contributed by atoms with Gasteiger partial charge >= 0.3 is 0 Å². The van der Waals surface area contributed by atoms with Gasteiger partial charge in [0, 0.05) is 11.8 Å². The lowest BCUT2D eigenvalue weighted by molar-refractivity contribution is -0.119. The number of thioether (sulfide) groups is 1. The summed E-state index contributed by atoms with van der Waals surface area (Å²) in [6.07, 6.45) is 3.48. The summed E-state index contributed by atoms with van der Waals surface area (Å²) in [4.78, 5) is 11.7. The Kier molecular flexibility index (Phi) is 6.34. The van der Waals surface area contributed by atoms with E-state index in [1.54, 1.807) is 0 Å². The normalized spacial score (nSPS) is 18.1. The van der Waals surface area contributed by atoms with E-state index < -0.39 is 0 Å². The van der Waals surface area contributed by atoms with Crippen LogP contribution in [0.1, 0.15) is 40.0 Å². The van der Waals surface area contributed by atoms with Gasteiger partial charge in [0.15, 0.2) is 0 Å². The Morgan fingerprint density at radius 1 is 1.41 bits per heavy atom. The van der Waals surface area contributed by atoms with E-state index in [0.717, 1.165) is 26.1 Å². The van der Waals surface area contributed by atoms with Crippen molar-refractivity contribution in [2.45, 2.75) is 45.3 Å². The summed E-state index contributed by atoms with van der Waals surface area (Å²) in [5, 5.41) is 7.05. The molecule has 2 N–H and O–H groups in total. The first-order valence-corrected chi connectivity index (χ1v) is 7.67. The molecule has 1 heterocycles. The van der Waals surface area contributed by atoms with Crippen molar-refractivity contribution in [2.75, 3.05) is 25.4 Å². The van der Waals surface area contributed by atoms with Crippen molar-refractivity contribution in [3.8, 4) is 0 Å². The zero-order chi connectivity index (χ0) is 12.7. The summed E-state index contributed by atoms with van der Waals surface area (Å²) in [5.74, 6) is 0.805. The smallest absolute Gasteiger partial charge is 0.230 e. The third-order valence-electron chi connectivity index (χ3n) is 3.46. The zero-order valence-corrected chi connectivity index (χ0v) is 12.2. The number of piperidine rings is 1. The summed E-state index contributed by atoms with van der Waals surface area (Å²) in [6, 6.07) is 0. The van der Waals surface area contributed by atoms with Crippen molar-refractivity contribution in [3.05, 3.63) is 0 Å². The molecule has 0 aromatic heterocycles. The molecule has 17 heavy (non-hydrogen) atoms. The molecule has 3 nitrogen and oxygen atoms in total. The molecule has 1 fully saturated rings. The molecule has 4 heteroatoms. The van der Waals surface area contributed by atoms with E-state index >= 15 is 0 Å². The van der Waals surface area contributed by atoms with Gasteiger partial charge in [-0.25, -0.2) is 0 Å². The van der Waals surface area contributed by atoms with E-state index in [0.29, 0.717) is 11.0 Å². The van der Waals surface area contributed by atoms with E-state index in [4.69, 9.17) is 0 Å². The minimum absolute atomic E-state index is 0.190. The lowest BCUT2D eigenvalue weighted by Crippen LogP contribution is -2.35. The quantitative estimate of drug-likeness (QED) is 0.766. The Balaban J connectivity index is 2.12. The molecule has 100 valence electrons. The molecular formula is C13H26N2OS. The highest BCUT2D eigenvalue weighted by atomic mass is 32.2. The van der Waals surface area contributed by atoms with Gasteiger partial charge in [-0.05, 0) is 37.8 Å². The summed E-state index contributed by atoms with van der Waals surface area (Å²) in [6.45, 7) is 9.52. The molecule has 0 aromatic carbocycles. The molecule has 1 aliphatic heterocycles. The lowest BCUT2D eigenvalue weighted by atomic mass is 9.90. The number of nitrogens with one attached hydrogen (secondary N) is 2. The Morgan fingerprint density at radius 3 is 2.65 bits per heavy atom. The van der Waals surface area contributed by atoms with E-state index in [1.165, 1.54) is 12.8 Å². The fraction of sp³-hybridized carbons (Fsp3) is 0.923.